The molecule has 6 heteroatoms. The Hall–Kier alpha value is -1.59. The molecule has 2 saturated heterocycles. The average molecular weight is 309 g/mol. The number of unbranched alkanes of at least 4 members (excludes halogenated alkanes) is 2. The summed E-state index contributed by atoms with van der Waals surface area (Å²) < 4.78 is 0. The number of carbonyl (C=O) groups excluding carboxylic acids is 3. The molecule has 2 rings (SSSR count). The zero-order chi connectivity index (χ0) is 16.1. The van der Waals surface area contributed by atoms with Gasteiger partial charge in [-0.25, -0.2) is 4.79 Å². The molecule has 124 valence electrons. The summed E-state index contributed by atoms with van der Waals surface area (Å²) in [4.78, 5) is 38.5. The van der Waals surface area contributed by atoms with Crippen LogP contribution in [0.4, 0.5) is 4.79 Å². The number of likely N-dealkylation sites (tertiary alicyclic amines) is 2. The number of nitrogens with one attached hydrogen (secondary N) is 1. The first-order chi connectivity index (χ1) is 10.5. The topological polar surface area (TPSA) is 69.7 Å². The van der Waals surface area contributed by atoms with Gasteiger partial charge in [-0.1, -0.05) is 13.8 Å². The Labute approximate surface area is 132 Å². The van der Waals surface area contributed by atoms with E-state index in [9.17, 15) is 14.4 Å². The first-order valence-electron chi connectivity index (χ1n) is 8.36. The van der Waals surface area contributed by atoms with E-state index in [1.54, 1.807) is 6.92 Å². The van der Waals surface area contributed by atoms with Crippen molar-refractivity contribution in [2.24, 2.45) is 11.8 Å². The Morgan fingerprint density at radius 3 is 2.59 bits per heavy atom. The zero-order valence-electron chi connectivity index (χ0n) is 13.6. The third-order valence-corrected chi connectivity index (χ3v) is 4.52. The third-order valence-electron chi connectivity index (χ3n) is 4.52. The van der Waals surface area contributed by atoms with Crippen LogP contribution in [0.3, 0.4) is 0 Å². The van der Waals surface area contributed by atoms with E-state index in [2.05, 4.69) is 12.2 Å². The Morgan fingerprint density at radius 1 is 1.23 bits per heavy atom. The van der Waals surface area contributed by atoms with Crippen molar-refractivity contribution in [2.45, 2.75) is 46.0 Å². The molecule has 2 aliphatic heterocycles. The van der Waals surface area contributed by atoms with Gasteiger partial charge in [0.05, 0.1) is 0 Å². The molecular weight excluding hydrogens is 282 g/mol. The van der Waals surface area contributed by atoms with Gasteiger partial charge >= 0.3 is 6.03 Å². The number of rotatable bonds is 6. The highest BCUT2D eigenvalue weighted by Gasteiger charge is 2.34. The summed E-state index contributed by atoms with van der Waals surface area (Å²) >= 11 is 0. The average Bonchev–Trinajstić information content (AvgIpc) is 3.00. The molecular formula is C16H27N3O3. The molecule has 0 aromatic carbocycles. The lowest BCUT2D eigenvalue weighted by atomic mass is 10.1. The summed E-state index contributed by atoms with van der Waals surface area (Å²) in [6.07, 6.45) is 4.02. The van der Waals surface area contributed by atoms with Crippen LogP contribution in [0.15, 0.2) is 0 Å². The minimum Gasteiger partial charge on any atom is -0.338 e. The molecule has 2 aliphatic rings. The van der Waals surface area contributed by atoms with E-state index in [0.29, 0.717) is 25.4 Å². The summed E-state index contributed by atoms with van der Waals surface area (Å²) in [6.45, 7) is 6.83. The predicted molar refractivity (Wildman–Crippen MR) is 83.1 cm³/mol. The Balaban J connectivity index is 1.54. The highest BCUT2D eigenvalue weighted by Crippen LogP contribution is 2.19. The first-order valence-corrected chi connectivity index (χ1v) is 8.36. The van der Waals surface area contributed by atoms with E-state index >= 15 is 0 Å². The van der Waals surface area contributed by atoms with Gasteiger partial charge in [0, 0.05) is 38.5 Å². The van der Waals surface area contributed by atoms with E-state index in [1.807, 2.05) is 4.90 Å². The normalized spacial score (nSPS) is 25.2. The summed E-state index contributed by atoms with van der Waals surface area (Å²) in [7, 11) is 0. The molecule has 1 N–H and O–H groups in total. The van der Waals surface area contributed by atoms with Gasteiger partial charge in [-0.05, 0) is 31.6 Å². The van der Waals surface area contributed by atoms with Crippen LogP contribution < -0.4 is 5.32 Å². The monoisotopic (exact) mass is 309 g/mol. The van der Waals surface area contributed by atoms with Crippen molar-refractivity contribution < 1.29 is 14.4 Å². The highest BCUT2D eigenvalue weighted by atomic mass is 16.2. The number of imide groups is 1. The Morgan fingerprint density at radius 2 is 2.00 bits per heavy atom. The van der Waals surface area contributed by atoms with Crippen molar-refractivity contribution in [1.82, 2.24) is 15.1 Å². The molecule has 0 radical (unpaired) electrons. The standard InChI is InChI=1S/C16H27N3O3/c1-12-6-9-18(11-12)16(22)17-7-4-3-5-8-19-14(20)10-13(2)15(19)21/h12-13H,3-11H2,1-2H3,(H,17,22). The molecule has 0 spiro atoms. The van der Waals surface area contributed by atoms with E-state index in [1.165, 1.54) is 4.90 Å². The fraction of sp³-hybridized carbons (Fsp3) is 0.812. The number of hydrogen-bond acceptors (Lipinski definition) is 3. The van der Waals surface area contributed by atoms with Crippen molar-refractivity contribution in [3.63, 3.8) is 0 Å². The molecule has 2 unspecified atom stereocenters. The maximum atomic E-state index is 11.9. The van der Waals surface area contributed by atoms with Crippen LogP contribution in [0.5, 0.6) is 0 Å². The lowest BCUT2D eigenvalue weighted by Crippen LogP contribution is -2.38. The second kappa shape index (κ2) is 7.61. The predicted octanol–water partition coefficient (Wildman–Crippen LogP) is 1.60. The van der Waals surface area contributed by atoms with E-state index in [-0.39, 0.29) is 23.8 Å². The van der Waals surface area contributed by atoms with Gasteiger partial charge < -0.3 is 10.2 Å². The van der Waals surface area contributed by atoms with Gasteiger partial charge in [-0.15, -0.1) is 0 Å². The quantitative estimate of drug-likeness (QED) is 0.598. The van der Waals surface area contributed by atoms with Crippen LogP contribution in [0.1, 0.15) is 46.0 Å². The Kier molecular flexibility index (Phi) is 5.80. The maximum Gasteiger partial charge on any atom is 0.317 e. The minimum atomic E-state index is -0.158. The third kappa shape index (κ3) is 4.21. The fourth-order valence-electron chi connectivity index (χ4n) is 3.08. The fourth-order valence-corrected chi connectivity index (χ4v) is 3.08. The Bertz CT molecular complexity index is 438. The molecule has 6 nitrogen and oxygen atoms in total. The molecule has 0 aromatic heterocycles. The molecule has 0 bridgehead atoms. The SMILES string of the molecule is CC1CCN(C(=O)NCCCCCN2C(=O)CC(C)C2=O)C1. The van der Waals surface area contributed by atoms with Gasteiger partial charge in [0.1, 0.15) is 0 Å². The number of carbonyl (C=O) groups is 3. The van der Waals surface area contributed by atoms with Crippen LogP contribution in [-0.4, -0.2) is 53.8 Å². The second-order valence-corrected chi connectivity index (χ2v) is 6.62. The number of nitrogens with zero attached hydrogens (tertiary/aromatic N) is 2. The van der Waals surface area contributed by atoms with Gasteiger partial charge in [0.15, 0.2) is 0 Å². The van der Waals surface area contributed by atoms with Crippen LogP contribution in [0.25, 0.3) is 0 Å². The summed E-state index contributed by atoms with van der Waals surface area (Å²) in [5, 5.41) is 2.94. The maximum absolute atomic E-state index is 11.9. The minimum absolute atomic E-state index is 0.0306. The number of amides is 4. The van der Waals surface area contributed by atoms with Crippen LogP contribution in [-0.2, 0) is 9.59 Å². The lowest BCUT2D eigenvalue weighted by Gasteiger charge is -2.17. The van der Waals surface area contributed by atoms with Crippen molar-refractivity contribution in [1.29, 1.82) is 0 Å². The molecule has 2 atom stereocenters. The van der Waals surface area contributed by atoms with Gasteiger partial charge in [-0.2, -0.15) is 0 Å². The second-order valence-electron chi connectivity index (χ2n) is 6.62. The molecule has 0 aromatic rings. The molecule has 4 amide bonds. The largest absolute Gasteiger partial charge is 0.338 e. The molecule has 2 fully saturated rings. The van der Waals surface area contributed by atoms with Crippen molar-refractivity contribution in [3.05, 3.63) is 0 Å². The number of hydrogen-bond donors (Lipinski definition) is 1. The summed E-state index contributed by atoms with van der Waals surface area (Å²) in [6, 6.07) is 0.0306. The van der Waals surface area contributed by atoms with Gasteiger partial charge in [-0.3, -0.25) is 14.5 Å². The number of urea groups is 1. The highest BCUT2D eigenvalue weighted by molar-refractivity contribution is 6.03. The summed E-state index contributed by atoms with van der Waals surface area (Å²) in [5.41, 5.74) is 0. The van der Waals surface area contributed by atoms with Crippen LogP contribution in [0.2, 0.25) is 0 Å². The van der Waals surface area contributed by atoms with Crippen molar-refractivity contribution in [2.75, 3.05) is 26.2 Å². The van der Waals surface area contributed by atoms with E-state index < -0.39 is 0 Å². The zero-order valence-corrected chi connectivity index (χ0v) is 13.6. The van der Waals surface area contributed by atoms with Crippen LogP contribution >= 0.6 is 0 Å². The first kappa shape index (κ1) is 16.8. The molecule has 2 heterocycles. The smallest absolute Gasteiger partial charge is 0.317 e. The van der Waals surface area contributed by atoms with Crippen molar-refractivity contribution in [3.8, 4) is 0 Å². The molecule has 22 heavy (non-hydrogen) atoms. The van der Waals surface area contributed by atoms with Crippen molar-refractivity contribution >= 4 is 17.8 Å². The van der Waals surface area contributed by atoms with E-state index in [0.717, 1.165) is 38.8 Å². The molecule has 0 saturated carbocycles. The lowest BCUT2D eigenvalue weighted by molar-refractivity contribution is -0.139. The van der Waals surface area contributed by atoms with E-state index in [4.69, 9.17) is 0 Å². The summed E-state index contributed by atoms with van der Waals surface area (Å²) in [5.74, 6) is 0.355. The molecule has 0 aliphatic carbocycles. The van der Waals surface area contributed by atoms with Gasteiger partial charge in [0.2, 0.25) is 11.8 Å². The van der Waals surface area contributed by atoms with Crippen LogP contribution in [0, 0.1) is 11.8 Å². The van der Waals surface area contributed by atoms with Gasteiger partial charge in [0.25, 0.3) is 0 Å².